The molecule has 0 amide bonds. The van der Waals surface area contributed by atoms with Crippen LogP contribution in [-0.4, -0.2) is 7.11 Å². The molecule has 0 aliphatic rings. The zero-order valence-electron chi connectivity index (χ0n) is 12.8. The fourth-order valence-electron chi connectivity index (χ4n) is 2.56. The Balaban J connectivity index is 2.16. The van der Waals surface area contributed by atoms with E-state index < -0.39 is 0 Å². The first-order valence-corrected chi connectivity index (χ1v) is 7.68. The number of methoxy groups -OCH3 is 1. The van der Waals surface area contributed by atoms with Crippen LogP contribution >= 0.6 is 11.6 Å². The van der Waals surface area contributed by atoms with Crippen molar-refractivity contribution in [3.8, 4) is 5.75 Å². The van der Waals surface area contributed by atoms with E-state index >= 15 is 0 Å². The Morgan fingerprint density at radius 2 is 1.76 bits per heavy atom. The van der Waals surface area contributed by atoms with E-state index in [0.717, 1.165) is 17.2 Å². The van der Waals surface area contributed by atoms with Crippen molar-refractivity contribution in [3.05, 3.63) is 64.7 Å². The van der Waals surface area contributed by atoms with E-state index in [0.29, 0.717) is 6.04 Å². The topological polar surface area (TPSA) is 21.3 Å². The standard InChI is InChI=1S/C18H22ClNO/c1-4-17(14-9-11-15(19)12-10-14)20-13(2)16-7-5-6-8-18(16)21-3/h5-13,17,20H,4H2,1-3H3/t13-,17?/m1/s1. The van der Waals surface area contributed by atoms with Gasteiger partial charge in [0.05, 0.1) is 7.11 Å². The van der Waals surface area contributed by atoms with Gasteiger partial charge in [0.1, 0.15) is 5.75 Å². The highest BCUT2D eigenvalue weighted by molar-refractivity contribution is 6.30. The minimum atomic E-state index is 0.210. The second-order valence-corrected chi connectivity index (χ2v) is 5.58. The second-order valence-electron chi connectivity index (χ2n) is 5.14. The molecule has 0 spiro atoms. The molecule has 2 aromatic rings. The van der Waals surface area contributed by atoms with Gasteiger partial charge in [0, 0.05) is 22.7 Å². The first-order valence-electron chi connectivity index (χ1n) is 7.30. The largest absolute Gasteiger partial charge is 0.496 e. The van der Waals surface area contributed by atoms with Crippen LogP contribution in [0.1, 0.15) is 43.5 Å². The molecule has 21 heavy (non-hydrogen) atoms. The molecule has 0 radical (unpaired) electrons. The predicted molar refractivity (Wildman–Crippen MR) is 89.0 cm³/mol. The molecule has 2 aromatic carbocycles. The average Bonchev–Trinajstić information content (AvgIpc) is 2.53. The maximum Gasteiger partial charge on any atom is 0.123 e. The monoisotopic (exact) mass is 303 g/mol. The quantitative estimate of drug-likeness (QED) is 0.796. The predicted octanol–water partition coefficient (Wildman–Crippen LogP) is 5.15. The molecule has 0 heterocycles. The van der Waals surface area contributed by atoms with Gasteiger partial charge in [0.25, 0.3) is 0 Å². The molecular weight excluding hydrogens is 282 g/mol. The second kappa shape index (κ2) is 7.48. The maximum absolute atomic E-state index is 5.96. The molecule has 112 valence electrons. The summed E-state index contributed by atoms with van der Waals surface area (Å²) in [4.78, 5) is 0. The van der Waals surface area contributed by atoms with E-state index in [2.05, 4.69) is 37.4 Å². The van der Waals surface area contributed by atoms with Crippen molar-refractivity contribution in [2.45, 2.75) is 32.4 Å². The van der Waals surface area contributed by atoms with E-state index in [4.69, 9.17) is 16.3 Å². The third-order valence-electron chi connectivity index (χ3n) is 3.74. The minimum Gasteiger partial charge on any atom is -0.496 e. The normalized spacial score (nSPS) is 13.7. The Hall–Kier alpha value is -1.51. The van der Waals surface area contributed by atoms with E-state index in [9.17, 15) is 0 Å². The lowest BCUT2D eigenvalue weighted by Crippen LogP contribution is -2.24. The van der Waals surface area contributed by atoms with Crippen LogP contribution < -0.4 is 10.1 Å². The molecule has 0 bridgehead atoms. The number of hydrogen-bond acceptors (Lipinski definition) is 2. The molecular formula is C18H22ClNO. The molecule has 3 heteroatoms. The fraction of sp³-hybridized carbons (Fsp3) is 0.333. The number of benzene rings is 2. The molecule has 0 fully saturated rings. The van der Waals surface area contributed by atoms with Gasteiger partial charge in [0.2, 0.25) is 0 Å². The first kappa shape index (κ1) is 15.9. The summed E-state index contributed by atoms with van der Waals surface area (Å²) in [5, 5.41) is 4.44. The van der Waals surface area contributed by atoms with Gasteiger partial charge in [-0.25, -0.2) is 0 Å². The lowest BCUT2D eigenvalue weighted by atomic mass is 10.0. The Kier molecular flexibility index (Phi) is 5.66. The van der Waals surface area contributed by atoms with Gasteiger partial charge < -0.3 is 10.1 Å². The van der Waals surface area contributed by atoms with E-state index in [-0.39, 0.29) is 6.04 Å². The highest BCUT2D eigenvalue weighted by Crippen LogP contribution is 2.28. The van der Waals surface area contributed by atoms with Crippen LogP contribution in [0.5, 0.6) is 5.75 Å². The van der Waals surface area contributed by atoms with Crippen LogP contribution in [0.3, 0.4) is 0 Å². The van der Waals surface area contributed by atoms with Crippen LogP contribution in [0.15, 0.2) is 48.5 Å². The van der Waals surface area contributed by atoms with Crippen LogP contribution in [0, 0.1) is 0 Å². The number of rotatable bonds is 6. The summed E-state index contributed by atoms with van der Waals surface area (Å²) in [5.74, 6) is 0.920. The molecule has 1 N–H and O–H groups in total. The van der Waals surface area contributed by atoms with Crippen molar-refractivity contribution in [3.63, 3.8) is 0 Å². The lowest BCUT2D eigenvalue weighted by Gasteiger charge is -2.24. The zero-order chi connectivity index (χ0) is 15.2. The van der Waals surface area contributed by atoms with E-state index in [1.807, 2.05) is 30.3 Å². The van der Waals surface area contributed by atoms with Crippen LogP contribution in [0.2, 0.25) is 5.02 Å². The average molecular weight is 304 g/mol. The van der Waals surface area contributed by atoms with Gasteiger partial charge in [-0.15, -0.1) is 0 Å². The highest BCUT2D eigenvalue weighted by atomic mass is 35.5. The van der Waals surface area contributed by atoms with E-state index in [1.165, 1.54) is 11.1 Å². The molecule has 0 saturated heterocycles. The van der Waals surface area contributed by atoms with Crippen LogP contribution in [0.4, 0.5) is 0 Å². The fourth-order valence-corrected chi connectivity index (χ4v) is 2.69. The Bertz CT molecular complexity index is 568. The van der Waals surface area contributed by atoms with Crippen LogP contribution in [-0.2, 0) is 0 Å². The van der Waals surface area contributed by atoms with Gasteiger partial charge in [0.15, 0.2) is 0 Å². The molecule has 0 saturated carbocycles. The van der Waals surface area contributed by atoms with Gasteiger partial charge >= 0.3 is 0 Å². The number of para-hydroxylation sites is 1. The lowest BCUT2D eigenvalue weighted by molar-refractivity contribution is 0.392. The maximum atomic E-state index is 5.96. The Morgan fingerprint density at radius 1 is 1.10 bits per heavy atom. The molecule has 0 aliphatic carbocycles. The summed E-state index contributed by atoms with van der Waals surface area (Å²) < 4.78 is 5.45. The van der Waals surface area contributed by atoms with Gasteiger partial charge in [-0.05, 0) is 37.1 Å². The van der Waals surface area contributed by atoms with Gasteiger partial charge in [-0.1, -0.05) is 48.9 Å². The molecule has 2 nitrogen and oxygen atoms in total. The molecule has 2 atom stereocenters. The smallest absolute Gasteiger partial charge is 0.123 e. The molecule has 2 rings (SSSR count). The number of ether oxygens (including phenoxy) is 1. The summed E-state index contributed by atoms with van der Waals surface area (Å²) in [6.07, 6.45) is 1.02. The van der Waals surface area contributed by atoms with Crippen molar-refractivity contribution >= 4 is 11.6 Å². The summed E-state index contributed by atoms with van der Waals surface area (Å²) in [6, 6.07) is 16.7. The van der Waals surface area contributed by atoms with E-state index in [1.54, 1.807) is 7.11 Å². The first-order chi connectivity index (χ1) is 10.2. The van der Waals surface area contributed by atoms with Crippen molar-refractivity contribution in [2.75, 3.05) is 7.11 Å². The van der Waals surface area contributed by atoms with Crippen molar-refractivity contribution in [1.82, 2.24) is 5.32 Å². The Morgan fingerprint density at radius 3 is 2.38 bits per heavy atom. The van der Waals surface area contributed by atoms with Crippen molar-refractivity contribution < 1.29 is 4.74 Å². The third-order valence-corrected chi connectivity index (χ3v) is 3.99. The number of halogens is 1. The number of hydrogen-bond donors (Lipinski definition) is 1. The SMILES string of the molecule is CCC(N[C@H](C)c1ccccc1OC)c1ccc(Cl)cc1. The molecule has 0 aliphatic heterocycles. The minimum absolute atomic E-state index is 0.210. The number of nitrogens with one attached hydrogen (secondary N) is 1. The summed E-state index contributed by atoms with van der Waals surface area (Å²) in [6.45, 7) is 4.34. The summed E-state index contributed by atoms with van der Waals surface area (Å²) in [7, 11) is 1.71. The highest BCUT2D eigenvalue weighted by Gasteiger charge is 2.16. The molecule has 0 aromatic heterocycles. The van der Waals surface area contributed by atoms with Gasteiger partial charge in [-0.3, -0.25) is 0 Å². The van der Waals surface area contributed by atoms with Crippen LogP contribution in [0.25, 0.3) is 0 Å². The third kappa shape index (κ3) is 3.99. The molecule has 1 unspecified atom stereocenters. The summed E-state index contributed by atoms with van der Waals surface area (Å²) in [5.41, 5.74) is 2.43. The summed E-state index contributed by atoms with van der Waals surface area (Å²) >= 11 is 5.96. The zero-order valence-corrected chi connectivity index (χ0v) is 13.5. The van der Waals surface area contributed by atoms with Crippen molar-refractivity contribution in [1.29, 1.82) is 0 Å². The van der Waals surface area contributed by atoms with Gasteiger partial charge in [-0.2, -0.15) is 0 Å². The Labute approximate surface area is 132 Å². The van der Waals surface area contributed by atoms with Crippen molar-refractivity contribution in [2.24, 2.45) is 0 Å².